The maximum atomic E-state index is 14.1. The Morgan fingerprint density at radius 2 is 0.893 bits per heavy atom. The molecule has 0 spiro atoms. The summed E-state index contributed by atoms with van der Waals surface area (Å²) in [6.07, 6.45) is 30.5. The first-order chi connectivity index (χ1) is 62.5. The third-order valence-electron chi connectivity index (χ3n) is 23.4. The van der Waals surface area contributed by atoms with Gasteiger partial charge in [0.1, 0.15) is 35.1 Å². The van der Waals surface area contributed by atoms with Crippen LogP contribution < -0.4 is 24.1 Å². The Morgan fingerprint density at radius 1 is 0.458 bits per heavy atom. The van der Waals surface area contributed by atoms with E-state index in [1.54, 1.807) is 102 Å². The van der Waals surface area contributed by atoms with Crippen LogP contribution in [-0.2, 0) is 23.7 Å². The van der Waals surface area contributed by atoms with Gasteiger partial charge in [-0.05, 0) is 224 Å². The van der Waals surface area contributed by atoms with Gasteiger partial charge in [-0.25, -0.2) is 39.6 Å². The van der Waals surface area contributed by atoms with Crippen molar-refractivity contribution >= 4 is 45.8 Å². The van der Waals surface area contributed by atoms with Crippen LogP contribution in [0.25, 0.3) is 60.9 Å². The highest BCUT2D eigenvalue weighted by Crippen LogP contribution is 2.49. The van der Waals surface area contributed by atoms with Gasteiger partial charge >= 0.3 is 5.92 Å². The summed E-state index contributed by atoms with van der Waals surface area (Å²) < 4.78 is 80.0. The minimum Gasteiger partial charge on any atom is -0.495 e. The number of hydrogen-bond acceptors (Lipinski definition) is 17. The summed E-state index contributed by atoms with van der Waals surface area (Å²) in [6, 6.07) is 37.0. The van der Waals surface area contributed by atoms with Crippen LogP contribution in [0.15, 0.2) is 202 Å². The van der Waals surface area contributed by atoms with E-state index in [1.807, 2.05) is 124 Å². The summed E-state index contributed by atoms with van der Waals surface area (Å²) >= 11 is 1.55. The third kappa shape index (κ3) is 23.1. The first-order valence-corrected chi connectivity index (χ1v) is 49.2. The Morgan fingerprint density at radius 3 is 1.39 bits per heavy atom. The van der Waals surface area contributed by atoms with E-state index in [4.69, 9.17) is 28.2 Å². The van der Waals surface area contributed by atoms with Gasteiger partial charge in [0.05, 0.1) is 153 Å². The van der Waals surface area contributed by atoms with Gasteiger partial charge in [-0.15, -0.1) is 0 Å². The maximum absolute atomic E-state index is 14.1. The lowest BCUT2D eigenvalue weighted by molar-refractivity contribution is -0.0221. The van der Waals surface area contributed by atoms with Crippen molar-refractivity contribution in [3.8, 4) is 62.8 Å². The molecule has 0 saturated carbocycles. The van der Waals surface area contributed by atoms with E-state index in [0.29, 0.717) is 53.4 Å². The number of hydrogen-bond donors (Lipinski definition) is 0. The molecule has 0 amide bonds. The second kappa shape index (κ2) is 43.1. The SMILES string of the molecule is CCCOc1cc(C(C)C)ccc1-n1cnc(C)c1.COCc1cn(-c2ccc(C(C)C)cc2OC)cn1.COc1cc(C(C)C)ccc1-n1cnc(C)n1.Cc1cn(-c2ccc(C(C)C)c3c2OCC3(F)F)cn1.Cc1cn(-c2ccc(C(C)C)c3c2[Si](C)(C)CC3)cn1.Cc1cn(-c2ccc(C(C)C)c3cnoc23)cn1.Cc1cn(-c2ccc(C(C)C)c3cnsc23)cn1. The Balaban J connectivity index is 0.000000138. The standard InChI is InChI=1S/C17H24N2Si.C16H22N2O.C15H16F2N2O.C15H20N2O2.C14H15N3O.C14H15N3S.C13H17N3O/c1-12(2)14-6-7-16(19-10-13(3)18-11-19)17-15(14)8-9-20(17,4)5;1-5-8-19-16-9-14(12(2)3)6-7-15(16)18-10-13(4)17-11-18;1-9(2)11-4-5-12(19-6-10(3)18-8-19)14-13(11)15(16,17)7-20-14;1-11(2)12-5-6-14(15(7-12)19-4)17-8-13(9-18-3)16-10-17;2*1-9(2)11-4-5-13(14-12(11)6-16-18-14)17-7-10(3)15-8-17;1-9(2)11-5-6-12(13(7-11)17-4)16-8-14-10(3)15-16/h6-7,10-12H,8-9H2,1-5H3;6-7,9-12H,5,8H2,1-4H3;4-6,8-9H,7H2,1-3H3;5-8,10-11H,9H2,1-4H3;2*4-9H,1-3H3;5-9H,1-4H3. The summed E-state index contributed by atoms with van der Waals surface area (Å²) in [5, 5.41) is 12.2. The molecule has 0 aliphatic carbocycles. The molecule has 7 aromatic carbocycles. The number of aromatic nitrogens is 17. The van der Waals surface area contributed by atoms with Crippen molar-refractivity contribution in [3.63, 3.8) is 0 Å². The zero-order valence-corrected chi connectivity index (χ0v) is 82.8. The van der Waals surface area contributed by atoms with Crippen molar-refractivity contribution in [2.75, 3.05) is 34.5 Å². The highest BCUT2D eigenvalue weighted by Gasteiger charge is 2.45. The average Bonchev–Trinajstić information content (AvgIpc) is 1.61. The molecule has 27 heteroatoms. The summed E-state index contributed by atoms with van der Waals surface area (Å²) in [6.45, 7) is 49.8. The second-order valence-corrected chi connectivity index (χ2v) is 41.9. The van der Waals surface area contributed by atoms with Crippen LogP contribution in [0.2, 0.25) is 19.1 Å². The molecular weight excluding hydrogens is 1680 g/mol. The van der Waals surface area contributed by atoms with Crippen molar-refractivity contribution in [2.24, 2.45) is 0 Å². The number of alkyl halides is 2. The predicted octanol–water partition coefficient (Wildman–Crippen LogP) is 24.9. The van der Waals surface area contributed by atoms with Crippen molar-refractivity contribution in [1.82, 2.24) is 81.6 Å². The number of fused-ring (bicyclic) bond motifs is 4. The van der Waals surface area contributed by atoms with E-state index >= 15 is 0 Å². The summed E-state index contributed by atoms with van der Waals surface area (Å²) in [5.74, 6) is 3.78. The number of imidazole rings is 6. The Labute approximate surface area is 775 Å². The normalized spacial score (nSPS) is 12.8. The molecule has 690 valence electrons. The number of methoxy groups -OCH3 is 3. The van der Waals surface area contributed by atoms with Gasteiger partial charge in [0.2, 0.25) is 0 Å². The largest absolute Gasteiger partial charge is 0.495 e. The fraction of sp³-hybridized carbons (Fsp3) is 0.385. The molecule has 0 bridgehead atoms. The fourth-order valence-corrected chi connectivity index (χ4v) is 20.2. The number of aryl methyl sites for hydroxylation is 6. The van der Waals surface area contributed by atoms with Gasteiger partial charge in [0.15, 0.2) is 17.9 Å². The van der Waals surface area contributed by atoms with E-state index in [0.717, 1.165) is 110 Å². The van der Waals surface area contributed by atoms with Gasteiger partial charge in [0.25, 0.3) is 0 Å². The van der Waals surface area contributed by atoms with Crippen molar-refractivity contribution in [2.45, 2.75) is 231 Å². The van der Waals surface area contributed by atoms with Crippen LogP contribution >= 0.6 is 11.5 Å². The predicted molar refractivity (Wildman–Crippen MR) is 525 cm³/mol. The molecule has 0 radical (unpaired) electrons. The van der Waals surface area contributed by atoms with Gasteiger partial charge in [-0.2, -0.15) is 18.3 Å². The van der Waals surface area contributed by atoms with E-state index in [-0.39, 0.29) is 17.2 Å². The number of benzene rings is 7. The number of halogens is 2. The molecule has 11 heterocycles. The highest BCUT2D eigenvalue weighted by molar-refractivity contribution is 7.13. The quantitative estimate of drug-likeness (QED) is 0.0610. The Hall–Kier alpha value is -12.5. The second-order valence-electron chi connectivity index (χ2n) is 36.3. The van der Waals surface area contributed by atoms with Gasteiger partial charge in [0, 0.05) is 66.9 Å². The van der Waals surface area contributed by atoms with Crippen molar-refractivity contribution < 1.29 is 37.0 Å². The van der Waals surface area contributed by atoms with Crippen molar-refractivity contribution in [3.05, 3.63) is 287 Å². The van der Waals surface area contributed by atoms with Crippen LogP contribution in [0.3, 0.4) is 0 Å². The first kappa shape index (κ1) is 97.6. The van der Waals surface area contributed by atoms with Gasteiger partial charge in [-0.1, -0.05) is 165 Å². The zero-order valence-electron chi connectivity index (χ0n) is 81.0. The van der Waals surface area contributed by atoms with Crippen LogP contribution in [0.5, 0.6) is 23.0 Å². The van der Waals surface area contributed by atoms with E-state index < -0.39 is 20.6 Å². The molecule has 2 aliphatic heterocycles. The number of ether oxygens (including phenoxy) is 5. The molecule has 2 aliphatic rings. The lowest BCUT2D eigenvalue weighted by Gasteiger charge is -2.23. The van der Waals surface area contributed by atoms with E-state index in [2.05, 4.69) is 260 Å². The van der Waals surface area contributed by atoms with Crippen LogP contribution in [0.1, 0.15) is 242 Å². The molecule has 9 aromatic heterocycles. The smallest absolute Gasteiger partial charge is 0.310 e. The minimum atomic E-state index is -2.93. The molecule has 0 N–H and O–H groups in total. The highest BCUT2D eigenvalue weighted by atomic mass is 32.1. The lowest BCUT2D eigenvalue weighted by atomic mass is 9.93. The Bertz CT molecular complexity index is 6360. The molecule has 0 fully saturated rings. The maximum Gasteiger partial charge on any atom is 0.310 e. The van der Waals surface area contributed by atoms with Gasteiger partial charge < -0.3 is 55.6 Å². The Kier molecular flexibility index (Phi) is 32.1. The molecule has 23 nitrogen and oxygen atoms in total. The fourth-order valence-electron chi connectivity index (χ4n) is 16.3. The van der Waals surface area contributed by atoms with Crippen LogP contribution in [-0.4, -0.2) is 124 Å². The topological polar surface area (TPSA) is 223 Å². The summed E-state index contributed by atoms with van der Waals surface area (Å²) in [4.78, 5) is 29.8. The average molecular weight is 1810 g/mol. The third-order valence-corrected chi connectivity index (χ3v) is 27.6. The summed E-state index contributed by atoms with van der Waals surface area (Å²) in [7, 11) is 3.72. The first-order valence-electron chi connectivity index (χ1n) is 45.2. The van der Waals surface area contributed by atoms with Crippen LogP contribution in [0, 0.1) is 41.5 Å². The zero-order chi connectivity index (χ0) is 94.4. The molecule has 131 heavy (non-hydrogen) atoms. The minimum absolute atomic E-state index is 0.0231. The van der Waals surface area contributed by atoms with Crippen LogP contribution in [0.4, 0.5) is 8.78 Å². The molecule has 18 rings (SSSR count). The lowest BCUT2D eigenvalue weighted by Crippen LogP contribution is -2.40. The molecule has 16 aromatic rings. The molecule has 0 atom stereocenters. The van der Waals surface area contributed by atoms with Crippen molar-refractivity contribution in [1.29, 1.82) is 0 Å². The molecular formula is C104H129F2N17O6SSi. The van der Waals surface area contributed by atoms with Gasteiger partial charge in [-0.3, -0.25) is 0 Å². The molecule has 0 saturated heterocycles. The monoisotopic (exact) mass is 1810 g/mol. The van der Waals surface area contributed by atoms with E-state index in [1.165, 1.54) is 56.1 Å². The molecule has 0 unspecified atom stereocenters. The number of rotatable bonds is 21. The summed E-state index contributed by atoms with van der Waals surface area (Å²) in [5.41, 5.74) is 24.0. The number of nitrogens with zero attached hydrogens (tertiary/aromatic N) is 17. The van der Waals surface area contributed by atoms with E-state index in [9.17, 15) is 8.78 Å².